The van der Waals surface area contributed by atoms with E-state index >= 15 is 0 Å². The van der Waals surface area contributed by atoms with Crippen LogP contribution in [-0.4, -0.2) is 19.2 Å². The first-order chi connectivity index (χ1) is 11.3. The monoisotopic (exact) mass is 388 g/mol. The molecule has 0 aliphatic rings. The van der Waals surface area contributed by atoms with Gasteiger partial charge in [0, 0.05) is 15.6 Å². The van der Waals surface area contributed by atoms with Crippen molar-refractivity contribution in [3.63, 3.8) is 0 Å². The summed E-state index contributed by atoms with van der Waals surface area (Å²) in [5.41, 5.74) is 5.12. The van der Waals surface area contributed by atoms with Crippen LogP contribution in [0.3, 0.4) is 0 Å². The summed E-state index contributed by atoms with van der Waals surface area (Å²) in [5, 5.41) is 4.01. The molecule has 0 saturated heterocycles. The molecular weight excluding hydrogens is 368 g/mol. The minimum Gasteiger partial charge on any atom is -0.496 e. The number of hydrogen-bond acceptors (Lipinski definition) is 3. The van der Waals surface area contributed by atoms with Gasteiger partial charge >= 0.3 is 0 Å². The van der Waals surface area contributed by atoms with E-state index in [1.807, 2.05) is 42.5 Å². The fourth-order valence-electron chi connectivity index (χ4n) is 2.15. The molecule has 0 radical (unpaired) electrons. The number of benzene rings is 2. The SMILES string of the molecule is COc1ccc(Br)cc1C=NNC(=O)c1ccc(C(C)(C)C)cc1. The molecule has 4 nitrogen and oxygen atoms in total. The highest BCUT2D eigenvalue weighted by atomic mass is 79.9. The number of methoxy groups -OCH3 is 1. The van der Waals surface area contributed by atoms with Gasteiger partial charge in [-0.1, -0.05) is 48.8 Å². The lowest BCUT2D eigenvalue weighted by atomic mass is 9.87. The Morgan fingerprint density at radius 1 is 1.17 bits per heavy atom. The summed E-state index contributed by atoms with van der Waals surface area (Å²) in [5.74, 6) is 0.436. The second-order valence-electron chi connectivity index (χ2n) is 6.41. The Morgan fingerprint density at radius 2 is 1.83 bits per heavy atom. The summed E-state index contributed by atoms with van der Waals surface area (Å²) in [6.07, 6.45) is 1.56. The van der Waals surface area contributed by atoms with Crippen molar-refractivity contribution >= 4 is 28.1 Å². The second kappa shape index (κ2) is 7.62. The van der Waals surface area contributed by atoms with E-state index in [1.54, 1.807) is 13.3 Å². The number of halogens is 1. The van der Waals surface area contributed by atoms with Crippen molar-refractivity contribution in [3.8, 4) is 5.75 Å². The third-order valence-corrected chi connectivity index (χ3v) is 4.07. The maximum Gasteiger partial charge on any atom is 0.271 e. The molecule has 0 unspecified atom stereocenters. The topological polar surface area (TPSA) is 50.7 Å². The van der Waals surface area contributed by atoms with Gasteiger partial charge in [-0.25, -0.2) is 5.43 Å². The van der Waals surface area contributed by atoms with E-state index in [2.05, 4.69) is 47.2 Å². The van der Waals surface area contributed by atoms with E-state index in [-0.39, 0.29) is 11.3 Å². The van der Waals surface area contributed by atoms with Crippen LogP contribution < -0.4 is 10.2 Å². The molecule has 0 heterocycles. The predicted molar refractivity (Wildman–Crippen MR) is 101 cm³/mol. The molecule has 0 atom stereocenters. The van der Waals surface area contributed by atoms with Crippen molar-refractivity contribution in [2.24, 2.45) is 5.10 Å². The summed E-state index contributed by atoms with van der Waals surface area (Å²) in [6, 6.07) is 13.1. The molecule has 2 aromatic carbocycles. The van der Waals surface area contributed by atoms with E-state index in [0.717, 1.165) is 10.0 Å². The molecule has 0 aliphatic carbocycles. The lowest BCUT2D eigenvalue weighted by Crippen LogP contribution is -2.18. The third kappa shape index (κ3) is 4.68. The van der Waals surface area contributed by atoms with Gasteiger partial charge < -0.3 is 4.74 Å². The first-order valence-electron chi connectivity index (χ1n) is 7.59. The first kappa shape index (κ1) is 18.2. The lowest BCUT2D eigenvalue weighted by Gasteiger charge is -2.18. The number of rotatable bonds is 4. The predicted octanol–water partition coefficient (Wildman–Crippen LogP) is 4.52. The van der Waals surface area contributed by atoms with E-state index in [4.69, 9.17) is 4.74 Å². The van der Waals surface area contributed by atoms with Gasteiger partial charge in [-0.15, -0.1) is 0 Å². The molecule has 126 valence electrons. The van der Waals surface area contributed by atoms with Crippen molar-refractivity contribution < 1.29 is 9.53 Å². The van der Waals surface area contributed by atoms with Crippen LogP contribution in [0.1, 0.15) is 42.3 Å². The van der Waals surface area contributed by atoms with Gasteiger partial charge in [-0.2, -0.15) is 5.10 Å². The van der Waals surface area contributed by atoms with E-state index in [0.29, 0.717) is 11.3 Å². The zero-order valence-corrected chi connectivity index (χ0v) is 15.8. The molecule has 24 heavy (non-hydrogen) atoms. The summed E-state index contributed by atoms with van der Waals surface area (Å²) < 4.78 is 6.17. The highest BCUT2D eigenvalue weighted by Crippen LogP contribution is 2.22. The number of nitrogens with one attached hydrogen (secondary N) is 1. The van der Waals surface area contributed by atoms with Crippen LogP contribution in [0.2, 0.25) is 0 Å². The molecule has 5 heteroatoms. The molecule has 2 rings (SSSR count). The second-order valence-corrected chi connectivity index (χ2v) is 7.33. The smallest absolute Gasteiger partial charge is 0.271 e. The van der Waals surface area contributed by atoms with Gasteiger partial charge in [-0.3, -0.25) is 4.79 Å². The van der Waals surface area contributed by atoms with Crippen LogP contribution in [0.4, 0.5) is 0 Å². The normalized spacial score (nSPS) is 11.5. The van der Waals surface area contributed by atoms with Gasteiger partial charge in [-0.05, 0) is 41.3 Å². The van der Waals surface area contributed by atoms with Crippen LogP contribution in [0.25, 0.3) is 0 Å². The standard InChI is InChI=1S/C19H21BrN2O2/c1-19(2,3)15-7-5-13(6-8-15)18(23)22-21-12-14-11-16(20)9-10-17(14)24-4/h5-12H,1-4H3,(H,22,23). The summed E-state index contributed by atoms with van der Waals surface area (Å²) in [7, 11) is 1.59. The third-order valence-electron chi connectivity index (χ3n) is 3.57. The number of ether oxygens (including phenoxy) is 1. The van der Waals surface area contributed by atoms with Crippen molar-refractivity contribution in [1.29, 1.82) is 0 Å². The van der Waals surface area contributed by atoms with Gasteiger partial charge in [0.1, 0.15) is 5.75 Å². The zero-order valence-electron chi connectivity index (χ0n) is 14.3. The van der Waals surface area contributed by atoms with Crippen LogP contribution in [0.5, 0.6) is 5.75 Å². The van der Waals surface area contributed by atoms with E-state index < -0.39 is 0 Å². The number of nitrogens with zero attached hydrogens (tertiary/aromatic N) is 1. The maximum atomic E-state index is 12.2. The molecule has 1 amide bonds. The van der Waals surface area contributed by atoms with Gasteiger partial charge in [0.05, 0.1) is 13.3 Å². The maximum absolute atomic E-state index is 12.2. The van der Waals surface area contributed by atoms with Crippen LogP contribution >= 0.6 is 15.9 Å². The average Bonchev–Trinajstić information content (AvgIpc) is 2.54. The Labute approximate surface area is 151 Å². The Balaban J connectivity index is 2.07. The highest BCUT2D eigenvalue weighted by molar-refractivity contribution is 9.10. The molecular formula is C19H21BrN2O2. The molecule has 0 aromatic heterocycles. The highest BCUT2D eigenvalue weighted by Gasteiger charge is 2.14. The molecule has 1 N–H and O–H groups in total. The fourth-order valence-corrected chi connectivity index (χ4v) is 2.53. The van der Waals surface area contributed by atoms with Crippen molar-refractivity contribution in [2.75, 3.05) is 7.11 Å². The minimum atomic E-state index is -0.249. The molecule has 2 aromatic rings. The van der Waals surface area contributed by atoms with Gasteiger partial charge in [0.15, 0.2) is 0 Å². The van der Waals surface area contributed by atoms with Crippen molar-refractivity contribution in [2.45, 2.75) is 26.2 Å². The van der Waals surface area contributed by atoms with Crippen LogP contribution in [0.15, 0.2) is 52.0 Å². The molecule has 0 fully saturated rings. The first-order valence-corrected chi connectivity index (χ1v) is 8.38. The molecule has 0 aliphatic heterocycles. The molecule has 0 saturated carbocycles. The average molecular weight is 389 g/mol. The zero-order chi connectivity index (χ0) is 17.7. The Kier molecular flexibility index (Phi) is 5.78. The molecule has 0 bridgehead atoms. The van der Waals surface area contributed by atoms with Crippen LogP contribution in [0, 0.1) is 0 Å². The van der Waals surface area contributed by atoms with Crippen LogP contribution in [-0.2, 0) is 5.41 Å². The van der Waals surface area contributed by atoms with Gasteiger partial charge in [0.25, 0.3) is 5.91 Å². The number of amides is 1. The number of carbonyl (C=O) groups is 1. The summed E-state index contributed by atoms with van der Waals surface area (Å²) in [4.78, 5) is 12.2. The summed E-state index contributed by atoms with van der Waals surface area (Å²) in [6.45, 7) is 6.41. The number of hydrogen-bond donors (Lipinski definition) is 1. The van der Waals surface area contributed by atoms with E-state index in [1.165, 1.54) is 5.56 Å². The quantitative estimate of drug-likeness (QED) is 0.618. The largest absolute Gasteiger partial charge is 0.496 e. The minimum absolute atomic E-state index is 0.0599. The lowest BCUT2D eigenvalue weighted by molar-refractivity contribution is 0.0955. The Hall–Kier alpha value is -2.14. The fraction of sp³-hybridized carbons (Fsp3) is 0.263. The Bertz CT molecular complexity index is 747. The number of carbonyl (C=O) groups excluding carboxylic acids is 1. The number of hydrazone groups is 1. The van der Waals surface area contributed by atoms with E-state index in [9.17, 15) is 4.79 Å². The van der Waals surface area contributed by atoms with Gasteiger partial charge in [0.2, 0.25) is 0 Å². The molecule has 0 spiro atoms. The Morgan fingerprint density at radius 3 is 2.42 bits per heavy atom. The summed E-state index contributed by atoms with van der Waals surface area (Å²) >= 11 is 3.40. The van der Waals surface area contributed by atoms with Crippen molar-refractivity contribution in [1.82, 2.24) is 5.43 Å². The van der Waals surface area contributed by atoms with Crippen molar-refractivity contribution in [3.05, 3.63) is 63.6 Å².